The molecule has 0 N–H and O–H groups in total. The van der Waals surface area contributed by atoms with Gasteiger partial charge in [-0.1, -0.05) is 68.0 Å². The standard InChI is InChI=1S/C17H35IO3/c1-2-3-4-6-9-12-19-14-16-21-17-15-20-13-10-7-5-8-11-18/h2-17H2,1H3. The highest BCUT2D eigenvalue weighted by Crippen LogP contribution is 2.03. The van der Waals surface area contributed by atoms with Crippen LogP contribution < -0.4 is 0 Å². The summed E-state index contributed by atoms with van der Waals surface area (Å²) >= 11 is 2.43. The molecular formula is C17H35IO3. The van der Waals surface area contributed by atoms with E-state index in [2.05, 4.69) is 29.5 Å². The Bertz CT molecular complexity index is 161. The molecule has 0 aliphatic rings. The molecule has 0 aliphatic heterocycles. The summed E-state index contributed by atoms with van der Waals surface area (Å²) in [7, 11) is 0. The van der Waals surface area contributed by atoms with E-state index in [1.807, 2.05) is 0 Å². The van der Waals surface area contributed by atoms with Crippen molar-refractivity contribution in [2.75, 3.05) is 44.1 Å². The first-order valence-corrected chi connectivity index (χ1v) is 10.2. The van der Waals surface area contributed by atoms with E-state index in [1.54, 1.807) is 0 Å². The largest absolute Gasteiger partial charge is 0.379 e. The van der Waals surface area contributed by atoms with Gasteiger partial charge in [0.2, 0.25) is 0 Å². The van der Waals surface area contributed by atoms with Crippen molar-refractivity contribution in [2.24, 2.45) is 0 Å². The van der Waals surface area contributed by atoms with Gasteiger partial charge in [-0.25, -0.2) is 0 Å². The fourth-order valence-corrected chi connectivity index (χ4v) is 2.54. The Balaban J connectivity index is 2.90. The van der Waals surface area contributed by atoms with E-state index in [-0.39, 0.29) is 0 Å². The molecule has 0 unspecified atom stereocenters. The molecule has 0 bridgehead atoms. The predicted molar refractivity (Wildman–Crippen MR) is 98.6 cm³/mol. The lowest BCUT2D eigenvalue weighted by atomic mass is 10.2. The summed E-state index contributed by atoms with van der Waals surface area (Å²) in [5.74, 6) is 0. The zero-order valence-electron chi connectivity index (χ0n) is 13.9. The topological polar surface area (TPSA) is 27.7 Å². The SMILES string of the molecule is CCCCCCCOCCOCCOCCCCCCI. The van der Waals surface area contributed by atoms with Crippen LogP contribution in [0.3, 0.4) is 0 Å². The second-order valence-electron chi connectivity index (χ2n) is 5.35. The first kappa shape index (κ1) is 21.6. The van der Waals surface area contributed by atoms with Crippen LogP contribution in [0.1, 0.15) is 64.7 Å². The lowest BCUT2D eigenvalue weighted by molar-refractivity contribution is 0.0132. The molecule has 0 radical (unpaired) electrons. The molecule has 0 heterocycles. The molecule has 3 nitrogen and oxygen atoms in total. The van der Waals surface area contributed by atoms with Crippen LogP contribution >= 0.6 is 22.6 Å². The number of alkyl halides is 1. The number of ether oxygens (including phenoxy) is 3. The summed E-state index contributed by atoms with van der Waals surface area (Å²) < 4.78 is 17.8. The molecule has 0 saturated heterocycles. The van der Waals surface area contributed by atoms with Crippen molar-refractivity contribution in [2.45, 2.75) is 64.7 Å². The molecule has 128 valence electrons. The van der Waals surface area contributed by atoms with Crippen LogP contribution in [-0.2, 0) is 14.2 Å². The van der Waals surface area contributed by atoms with Gasteiger partial charge in [0, 0.05) is 13.2 Å². The fraction of sp³-hybridized carbons (Fsp3) is 1.00. The Hall–Kier alpha value is 0.610. The van der Waals surface area contributed by atoms with Crippen LogP contribution in [0.5, 0.6) is 0 Å². The monoisotopic (exact) mass is 414 g/mol. The summed E-state index contributed by atoms with van der Waals surface area (Å²) in [4.78, 5) is 0. The minimum atomic E-state index is 0.688. The maximum absolute atomic E-state index is 5.53. The predicted octanol–water partition coefficient (Wildman–Crippen LogP) is 5.00. The van der Waals surface area contributed by atoms with E-state index >= 15 is 0 Å². The Morgan fingerprint density at radius 1 is 0.524 bits per heavy atom. The molecule has 21 heavy (non-hydrogen) atoms. The van der Waals surface area contributed by atoms with Crippen LogP contribution in [0.4, 0.5) is 0 Å². The smallest absolute Gasteiger partial charge is 0.0701 e. The summed E-state index contributed by atoms with van der Waals surface area (Å²) in [6.07, 6.45) is 11.6. The molecule has 0 aromatic rings. The third-order valence-corrected chi connectivity index (χ3v) is 4.07. The van der Waals surface area contributed by atoms with Gasteiger partial charge in [-0.15, -0.1) is 0 Å². The first-order valence-electron chi connectivity index (χ1n) is 8.71. The number of hydrogen-bond donors (Lipinski definition) is 0. The van der Waals surface area contributed by atoms with Crippen molar-refractivity contribution in [1.82, 2.24) is 0 Å². The molecular weight excluding hydrogens is 379 g/mol. The second-order valence-corrected chi connectivity index (χ2v) is 6.43. The van der Waals surface area contributed by atoms with E-state index in [1.165, 1.54) is 62.2 Å². The van der Waals surface area contributed by atoms with E-state index < -0.39 is 0 Å². The van der Waals surface area contributed by atoms with Gasteiger partial charge in [0.15, 0.2) is 0 Å². The second kappa shape index (κ2) is 20.6. The van der Waals surface area contributed by atoms with E-state index in [4.69, 9.17) is 14.2 Å². The first-order chi connectivity index (χ1) is 10.4. The molecule has 0 aromatic heterocycles. The third kappa shape index (κ3) is 20.6. The van der Waals surface area contributed by atoms with Gasteiger partial charge in [-0.2, -0.15) is 0 Å². The zero-order chi connectivity index (χ0) is 15.4. The maximum Gasteiger partial charge on any atom is 0.0701 e. The number of rotatable bonds is 18. The normalized spacial score (nSPS) is 11.1. The highest BCUT2D eigenvalue weighted by molar-refractivity contribution is 14.1. The minimum absolute atomic E-state index is 0.688. The van der Waals surface area contributed by atoms with E-state index in [0.29, 0.717) is 26.4 Å². The van der Waals surface area contributed by atoms with Gasteiger partial charge in [-0.05, 0) is 23.7 Å². The Labute approximate surface area is 145 Å². The molecule has 0 amide bonds. The molecule has 0 saturated carbocycles. The van der Waals surface area contributed by atoms with Crippen LogP contribution in [0.25, 0.3) is 0 Å². The van der Waals surface area contributed by atoms with E-state index in [9.17, 15) is 0 Å². The number of unbranched alkanes of at least 4 members (excludes halogenated alkanes) is 7. The van der Waals surface area contributed by atoms with Crippen molar-refractivity contribution >= 4 is 22.6 Å². The van der Waals surface area contributed by atoms with Crippen LogP contribution in [0, 0.1) is 0 Å². The van der Waals surface area contributed by atoms with Crippen LogP contribution in [-0.4, -0.2) is 44.1 Å². The Morgan fingerprint density at radius 3 is 1.43 bits per heavy atom. The third-order valence-electron chi connectivity index (χ3n) is 3.31. The van der Waals surface area contributed by atoms with Gasteiger partial charge in [0.25, 0.3) is 0 Å². The average Bonchev–Trinajstić information content (AvgIpc) is 2.50. The molecule has 0 aromatic carbocycles. The van der Waals surface area contributed by atoms with Gasteiger partial charge in [0.05, 0.1) is 26.4 Å². The molecule has 0 aliphatic carbocycles. The Morgan fingerprint density at radius 2 is 0.952 bits per heavy atom. The van der Waals surface area contributed by atoms with Gasteiger partial charge in [-0.3, -0.25) is 0 Å². The van der Waals surface area contributed by atoms with Crippen molar-refractivity contribution < 1.29 is 14.2 Å². The zero-order valence-corrected chi connectivity index (χ0v) is 16.1. The highest BCUT2D eigenvalue weighted by atomic mass is 127. The van der Waals surface area contributed by atoms with Crippen molar-refractivity contribution in [1.29, 1.82) is 0 Å². The lowest BCUT2D eigenvalue weighted by Crippen LogP contribution is -2.10. The number of hydrogen-bond acceptors (Lipinski definition) is 3. The quantitative estimate of drug-likeness (QED) is 0.179. The minimum Gasteiger partial charge on any atom is -0.379 e. The van der Waals surface area contributed by atoms with Crippen molar-refractivity contribution in [3.8, 4) is 0 Å². The summed E-state index contributed by atoms with van der Waals surface area (Å²) in [6.45, 7) is 6.79. The lowest BCUT2D eigenvalue weighted by Gasteiger charge is -2.07. The summed E-state index contributed by atoms with van der Waals surface area (Å²) in [5, 5.41) is 0. The van der Waals surface area contributed by atoms with E-state index in [0.717, 1.165) is 13.2 Å². The van der Waals surface area contributed by atoms with Gasteiger partial charge in [0.1, 0.15) is 0 Å². The van der Waals surface area contributed by atoms with Gasteiger partial charge >= 0.3 is 0 Å². The highest BCUT2D eigenvalue weighted by Gasteiger charge is 1.93. The molecule has 0 atom stereocenters. The van der Waals surface area contributed by atoms with Crippen LogP contribution in [0.15, 0.2) is 0 Å². The Kier molecular flexibility index (Phi) is 21.2. The maximum atomic E-state index is 5.53. The molecule has 0 rings (SSSR count). The summed E-state index contributed by atoms with van der Waals surface area (Å²) in [6, 6.07) is 0. The van der Waals surface area contributed by atoms with Crippen molar-refractivity contribution in [3.63, 3.8) is 0 Å². The molecule has 4 heteroatoms. The fourth-order valence-electron chi connectivity index (χ4n) is 2.00. The molecule has 0 fully saturated rings. The molecule has 0 spiro atoms. The number of halogens is 1. The summed E-state index contributed by atoms with van der Waals surface area (Å²) in [5.41, 5.74) is 0. The average molecular weight is 414 g/mol. The van der Waals surface area contributed by atoms with Gasteiger partial charge < -0.3 is 14.2 Å². The van der Waals surface area contributed by atoms with Crippen molar-refractivity contribution in [3.05, 3.63) is 0 Å². The van der Waals surface area contributed by atoms with Crippen LogP contribution in [0.2, 0.25) is 0 Å².